The maximum atomic E-state index is 11.5. The Kier molecular flexibility index (Phi) is 4.68. The van der Waals surface area contributed by atoms with Crippen molar-refractivity contribution in [2.75, 3.05) is 11.5 Å². The van der Waals surface area contributed by atoms with Gasteiger partial charge in [0.05, 0.1) is 4.58 Å². The molecule has 19 heavy (non-hydrogen) atoms. The Morgan fingerprint density at radius 1 is 1.16 bits per heavy atom. The van der Waals surface area contributed by atoms with Gasteiger partial charge in [-0.3, -0.25) is 0 Å². The Hall–Kier alpha value is -0.810. The van der Waals surface area contributed by atoms with Crippen molar-refractivity contribution in [2.45, 2.75) is 31.0 Å². The fourth-order valence-electron chi connectivity index (χ4n) is 1.61. The van der Waals surface area contributed by atoms with E-state index in [-0.39, 0.29) is 0 Å². The first-order chi connectivity index (χ1) is 8.94. The van der Waals surface area contributed by atoms with Crippen molar-refractivity contribution < 1.29 is 14.3 Å². The van der Waals surface area contributed by atoms with E-state index >= 15 is 0 Å². The Bertz CT molecular complexity index is 431. The maximum absolute atomic E-state index is 11.5. The molecule has 1 aromatic carbocycles. The minimum atomic E-state index is -0.662. The number of thioether (sulfide) groups is 2. The smallest absolute Gasteiger partial charge is 0.428 e. The lowest BCUT2D eigenvalue weighted by molar-refractivity contribution is 0.0206. The largest absolute Gasteiger partial charge is 0.514 e. The zero-order valence-electron chi connectivity index (χ0n) is 11.3. The van der Waals surface area contributed by atoms with Crippen molar-refractivity contribution in [3.63, 3.8) is 0 Å². The van der Waals surface area contributed by atoms with Crippen molar-refractivity contribution in [2.24, 2.45) is 0 Å². The first kappa shape index (κ1) is 14.6. The third-order valence-corrected chi connectivity index (χ3v) is 5.47. The molecule has 1 aliphatic rings. The molecule has 1 heterocycles. The van der Waals surface area contributed by atoms with Crippen molar-refractivity contribution >= 4 is 29.7 Å². The highest BCUT2D eigenvalue weighted by atomic mass is 32.2. The summed E-state index contributed by atoms with van der Waals surface area (Å²) in [6.07, 6.45) is -0.662. The van der Waals surface area contributed by atoms with Gasteiger partial charge in [-0.2, -0.15) is 0 Å². The van der Waals surface area contributed by atoms with Crippen LogP contribution < -0.4 is 4.74 Å². The molecule has 0 saturated carbocycles. The van der Waals surface area contributed by atoms with Crippen LogP contribution in [-0.2, 0) is 4.74 Å². The molecule has 0 spiro atoms. The highest BCUT2D eigenvalue weighted by Gasteiger charge is 2.20. The molecule has 1 saturated heterocycles. The van der Waals surface area contributed by atoms with E-state index in [9.17, 15) is 4.79 Å². The Balaban J connectivity index is 1.93. The van der Waals surface area contributed by atoms with Crippen LogP contribution in [-0.4, -0.2) is 23.3 Å². The van der Waals surface area contributed by atoms with Gasteiger partial charge in [-0.05, 0) is 38.5 Å². The third-order valence-electron chi connectivity index (χ3n) is 2.36. The van der Waals surface area contributed by atoms with Gasteiger partial charge in [-0.1, -0.05) is 12.1 Å². The molecule has 1 aliphatic heterocycles. The number of hydrogen-bond donors (Lipinski definition) is 0. The average molecular weight is 298 g/mol. The zero-order chi connectivity index (χ0) is 13.9. The van der Waals surface area contributed by atoms with E-state index < -0.39 is 11.8 Å². The molecule has 2 rings (SSSR count). The minimum Gasteiger partial charge on any atom is -0.428 e. The molecule has 1 fully saturated rings. The van der Waals surface area contributed by atoms with Crippen LogP contribution in [0.4, 0.5) is 4.79 Å². The van der Waals surface area contributed by atoms with Crippen LogP contribution in [0.2, 0.25) is 0 Å². The Labute approximate surface area is 122 Å². The first-order valence-electron chi connectivity index (χ1n) is 6.18. The summed E-state index contributed by atoms with van der Waals surface area (Å²) in [5, 5.41) is 0. The fraction of sp³-hybridized carbons (Fsp3) is 0.500. The van der Waals surface area contributed by atoms with Crippen LogP contribution in [0.5, 0.6) is 5.75 Å². The molecule has 0 aromatic heterocycles. The van der Waals surface area contributed by atoms with Crippen molar-refractivity contribution in [1.29, 1.82) is 0 Å². The van der Waals surface area contributed by atoms with Crippen LogP contribution in [0, 0.1) is 0 Å². The topological polar surface area (TPSA) is 35.5 Å². The van der Waals surface area contributed by atoms with Gasteiger partial charge in [0.1, 0.15) is 11.4 Å². The number of carbonyl (C=O) groups excluding carboxylic acids is 1. The Morgan fingerprint density at radius 2 is 1.74 bits per heavy atom. The quantitative estimate of drug-likeness (QED) is 0.594. The van der Waals surface area contributed by atoms with Gasteiger partial charge >= 0.3 is 6.16 Å². The molecule has 3 nitrogen and oxygen atoms in total. The molecular formula is C14H18O3S2. The van der Waals surface area contributed by atoms with Crippen LogP contribution in [0.25, 0.3) is 0 Å². The van der Waals surface area contributed by atoms with E-state index in [0.29, 0.717) is 10.3 Å². The summed E-state index contributed by atoms with van der Waals surface area (Å²) in [5.41, 5.74) is 0.734. The Morgan fingerprint density at radius 3 is 2.26 bits per heavy atom. The second kappa shape index (κ2) is 6.09. The number of rotatable bonds is 2. The molecule has 0 radical (unpaired) electrons. The van der Waals surface area contributed by atoms with E-state index in [0.717, 1.165) is 0 Å². The first-order valence-corrected chi connectivity index (χ1v) is 8.28. The third kappa shape index (κ3) is 4.66. The molecule has 0 unspecified atom stereocenters. The molecule has 104 valence electrons. The van der Waals surface area contributed by atoms with Crippen LogP contribution in [0.1, 0.15) is 30.9 Å². The van der Waals surface area contributed by atoms with E-state index in [1.54, 1.807) is 0 Å². The van der Waals surface area contributed by atoms with Crippen molar-refractivity contribution in [3.05, 3.63) is 29.8 Å². The summed E-state index contributed by atoms with van der Waals surface area (Å²) in [5.74, 6) is 2.92. The van der Waals surface area contributed by atoms with Gasteiger partial charge in [0, 0.05) is 11.5 Å². The molecule has 1 aromatic rings. The lowest BCUT2D eigenvalue weighted by Crippen LogP contribution is -2.25. The van der Waals surface area contributed by atoms with Crippen LogP contribution in [0.15, 0.2) is 24.3 Å². The summed E-state index contributed by atoms with van der Waals surface area (Å²) in [6.45, 7) is 5.43. The summed E-state index contributed by atoms with van der Waals surface area (Å²) < 4.78 is 10.7. The SMILES string of the molecule is CC(C)(C)OC(=O)Oc1ccc(C2SCCS2)cc1. The summed E-state index contributed by atoms with van der Waals surface area (Å²) in [4.78, 5) is 11.5. The predicted octanol–water partition coefficient (Wildman–Crippen LogP) is 4.48. The molecule has 0 amide bonds. The molecule has 0 N–H and O–H groups in total. The average Bonchev–Trinajstić information content (AvgIpc) is 2.80. The monoisotopic (exact) mass is 298 g/mol. The second-order valence-electron chi connectivity index (χ2n) is 5.21. The van der Waals surface area contributed by atoms with Gasteiger partial charge in [0.2, 0.25) is 0 Å². The van der Waals surface area contributed by atoms with Crippen LogP contribution >= 0.6 is 23.5 Å². The van der Waals surface area contributed by atoms with E-state index in [2.05, 4.69) is 0 Å². The number of hydrogen-bond acceptors (Lipinski definition) is 5. The molecule has 0 bridgehead atoms. The molecular weight excluding hydrogens is 280 g/mol. The lowest BCUT2D eigenvalue weighted by Gasteiger charge is -2.18. The van der Waals surface area contributed by atoms with Gasteiger partial charge in [0.25, 0.3) is 0 Å². The zero-order valence-corrected chi connectivity index (χ0v) is 13.0. The number of benzene rings is 1. The normalized spacial score (nSPS) is 16.4. The van der Waals surface area contributed by atoms with E-state index in [1.165, 1.54) is 17.1 Å². The minimum absolute atomic E-state index is 0.510. The standard InChI is InChI=1S/C14H18O3S2/c1-14(2,3)17-13(15)16-11-6-4-10(5-7-11)12-18-8-9-19-12/h4-7,12H,8-9H2,1-3H3. The van der Waals surface area contributed by atoms with Crippen molar-refractivity contribution in [1.82, 2.24) is 0 Å². The summed E-state index contributed by atoms with van der Waals surface area (Å²) in [6, 6.07) is 7.66. The lowest BCUT2D eigenvalue weighted by atomic mass is 10.2. The van der Waals surface area contributed by atoms with Crippen LogP contribution in [0.3, 0.4) is 0 Å². The predicted molar refractivity (Wildman–Crippen MR) is 81.0 cm³/mol. The van der Waals surface area contributed by atoms with Gasteiger partial charge < -0.3 is 9.47 Å². The van der Waals surface area contributed by atoms with Gasteiger partial charge in [-0.25, -0.2) is 4.79 Å². The maximum Gasteiger partial charge on any atom is 0.514 e. The molecule has 0 aliphatic carbocycles. The highest BCUT2D eigenvalue weighted by molar-refractivity contribution is 8.19. The van der Waals surface area contributed by atoms with Gasteiger partial charge in [0.15, 0.2) is 0 Å². The van der Waals surface area contributed by atoms with E-state index in [1.807, 2.05) is 68.6 Å². The number of carbonyl (C=O) groups is 1. The van der Waals surface area contributed by atoms with Gasteiger partial charge in [-0.15, -0.1) is 23.5 Å². The number of ether oxygens (including phenoxy) is 2. The highest BCUT2D eigenvalue weighted by Crippen LogP contribution is 2.45. The summed E-state index contributed by atoms with van der Waals surface area (Å²) in [7, 11) is 0. The fourth-order valence-corrected chi connectivity index (χ4v) is 4.47. The van der Waals surface area contributed by atoms with Crippen molar-refractivity contribution in [3.8, 4) is 5.75 Å². The van der Waals surface area contributed by atoms with E-state index in [4.69, 9.17) is 9.47 Å². The summed E-state index contributed by atoms with van der Waals surface area (Å²) >= 11 is 3.91. The molecule has 5 heteroatoms. The molecule has 0 atom stereocenters. The second-order valence-corrected chi connectivity index (χ2v) is 7.93.